The average Bonchev–Trinajstić information content (AvgIpc) is 2.40. The van der Waals surface area contributed by atoms with Crippen LogP contribution in [0.1, 0.15) is 18.5 Å². The van der Waals surface area contributed by atoms with Crippen molar-refractivity contribution in [3.8, 4) is 11.5 Å². The van der Waals surface area contributed by atoms with Gasteiger partial charge in [-0.2, -0.15) is 0 Å². The monoisotopic (exact) mass is 323 g/mol. The van der Waals surface area contributed by atoms with Gasteiger partial charge in [-0.25, -0.2) is 4.39 Å². The molecule has 100 valence electrons. The summed E-state index contributed by atoms with van der Waals surface area (Å²) in [5.41, 5.74) is 0.794. The third-order valence-corrected chi connectivity index (χ3v) is 3.39. The van der Waals surface area contributed by atoms with Crippen molar-refractivity contribution in [2.24, 2.45) is 0 Å². The molecule has 4 heteroatoms. The molecule has 0 saturated carbocycles. The summed E-state index contributed by atoms with van der Waals surface area (Å²) in [5.74, 6) is 1.10. The van der Waals surface area contributed by atoms with Gasteiger partial charge in [-0.3, -0.25) is 0 Å². The Bertz CT molecular complexity index is 574. The minimum absolute atomic E-state index is 0.0119. The zero-order valence-electron chi connectivity index (χ0n) is 10.8. The van der Waals surface area contributed by atoms with E-state index in [9.17, 15) is 4.39 Å². The molecule has 0 saturated heterocycles. The Morgan fingerprint density at radius 1 is 1.21 bits per heavy atom. The van der Waals surface area contributed by atoms with Gasteiger partial charge >= 0.3 is 0 Å². The molecule has 0 bridgehead atoms. The predicted molar refractivity (Wildman–Crippen MR) is 78.1 cm³/mol. The molecule has 2 nitrogen and oxygen atoms in total. The molecule has 19 heavy (non-hydrogen) atoms. The number of nitrogens with one attached hydrogen (secondary N) is 1. The Hall–Kier alpha value is -1.39. The van der Waals surface area contributed by atoms with Gasteiger partial charge in [0.05, 0.1) is 0 Å². The van der Waals surface area contributed by atoms with Gasteiger partial charge in [-0.1, -0.05) is 22.0 Å². The highest BCUT2D eigenvalue weighted by Gasteiger charge is 2.12. The van der Waals surface area contributed by atoms with Crippen LogP contribution in [0, 0.1) is 5.82 Å². The van der Waals surface area contributed by atoms with Crippen molar-refractivity contribution < 1.29 is 9.13 Å². The van der Waals surface area contributed by atoms with Crippen molar-refractivity contribution in [1.29, 1.82) is 0 Å². The van der Waals surface area contributed by atoms with E-state index in [4.69, 9.17) is 4.74 Å². The van der Waals surface area contributed by atoms with Gasteiger partial charge < -0.3 is 10.1 Å². The van der Waals surface area contributed by atoms with E-state index in [1.165, 1.54) is 12.1 Å². The number of ether oxygens (including phenoxy) is 1. The van der Waals surface area contributed by atoms with Crippen LogP contribution in [0.5, 0.6) is 11.5 Å². The van der Waals surface area contributed by atoms with E-state index in [2.05, 4.69) is 21.2 Å². The van der Waals surface area contributed by atoms with Crippen LogP contribution in [-0.2, 0) is 0 Å². The highest BCUT2D eigenvalue weighted by Crippen LogP contribution is 2.31. The first kappa shape index (κ1) is 14.0. The van der Waals surface area contributed by atoms with Gasteiger partial charge in [0.15, 0.2) is 0 Å². The van der Waals surface area contributed by atoms with Crippen molar-refractivity contribution >= 4 is 15.9 Å². The summed E-state index contributed by atoms with van der Waals surface area (Å²) in [6, 6.07) is 12.1. The summed E-state index contributed by atoms with van der Waals surface area (Å²) in [4.78, 5) is 0. The fraction of sp³-hybridized carbons (Fsp3) is 0.200. The van der Waals surface area contributed by atoms with Crippen molar-refractivity contribution in [1.82, 2.24) is 5.32 Å². The lowest BCUT2D eigenvalue weighted by atomic mass is 10.1. The van der Waals surface area contributed by atoms with Gasteiger partial charge in [0.25, 0.3) is 0 Å². The second-order valence-corrected chi connectivity index (χ2v) is 5.17. The number of benzene rings is 2. The first-order chi connectivity index (χ1) is 9.10. The minimum atomic E-state index is -0.265. The molecular formula is C15H15BrFNO. The lowest BCUT2D eigenvalue weighted by Gasteiger charge is -2.16. The fourth-order valence-corrected chi connectivity index (χ4v) is 2.14. The highest BCUT2D eigenvalue weighted by atomic mass is 79.9. The third kappa shape index (κ3) is 3.55. The van der Waals surface area contributed by atoms with Gasteiger partial charge in [0, 0.05) is 16.1 Å². The van der Waals surface area contributed by atoms with Crippen LogP contribution in [0.3, 0.4) is 0 Å². The zero-order valence-corrected chi connectivity index (χ0v) is 12.4. The maximum atomic E-state index is 13.4. The van der Waals surface area contributed by atoms with Gasteiger partial charge in [0.2, 0.25) is 0 Å². The quantitative estimate of drug-likeness (QED) is 0.883. The van der Waals surface area contributed by atoms with Gasteiger partial charge in [-0.15, -0.1) is 0 Å². The van der Waals surface area contributed by atoms with Gasteiger partial charge in [-0.05, 0) is 50.4 Å². The third-order valence-electron chi connectivity index (χ3n) is 2.90. The largest absolute Gasteiger partial charge is 0.457 e. The van der Waals surface area contributed by atoms with Crippen molar-refractivity contribution in [3.05, 3.63) is 58.3 Å². The van der Waals surface area contributed by atoms with E-state index in [1.807, 2.05) is 38.2 Å². The SMILES string of the molecule is CNC(C)c1cc(F)ccc1Oc1cccc(Br)c1. The second kappa shape index (κ2) is 6.17. The number of hydrogen-bond donors (Lipinski definition) is 1. The first-order valence-electron chi connectivity index (χ1n) is 6.00. The van der Waals surface area contributed by atoms with E-state index < -0.39 is 0 Å². The molecule has 0 fully saturated rings. The molecule has 0 aromatic heterocycles. The summed E-state index contributed by atoms with van der Waals surface area (Å²) in [6.45, 7) is 1.96. The molecule has 0 aliphatic heterocycles. The maximum absolute atomic E-state index is 13.4. The minimum Gasteiger partial charge on any atom is -0.457 e. The molecule has 0 amide bonds. The summed E-state index contributed by atoms with van der Waals surface area (Å²) < 4.78 is 20.1. The molecule has 1 unspecified atom stereocenters. The van der Waals surface area contributed by atoms with E-state index in [-0.39, 0.29) is 11.9 Å². The van der Waals surface area contributed by atoms with Crippen LogP contribution in [0.15, 0.2) is 46.9 Å². The zero-order chi connectivity index (χ0) is 13.8. The maximum Gasteiger partial charge on any atom is 0.132 e. The Labute approximate surface area is 120 Å². The van der Waals surface area contributed by atoms with Gasteiger partial charge in [0.1, 0.15) is 17.3 Å². The Kier molecular flexibility index (Phi) is 4.56. The lowest BCUT2D eigenvalue weighted by Crippen LogP contribution is -2.13. The molecule has 1 N–H and O–H groups in total. The van der Waals surface area contributed by atoms with Crippen LogP contribution in [-0.4, -0.2) is 7.05 Å². The molecule has 2 rings (SSSR count). The fourth-order valence-electron chi connectivity index (χ4n) is 1.76. The highest BCUT2D eigenvalue weighted by molar-refractivity contribution is 9.10. The molecule has 2 aromatic carbocycles. The smallest absolute Gasteiger partial charge is 0.132 e. The summed E-state index contributed by atoms with van der Waals surface area (Å²) in [7, 11) is 1.83. The molecule has 0 radical (unpaired) electrons. The molecule has 0 aliphatic rings. The molecule has 1 atom stereocenters. The van der Waals surface area contributed by atoms with E-state index >= 15 is 0 Å². The normalized spacial score (nSPS) is 12.2. The Balaban J connectivity index is 2.34. The number of halogens is 2. The summed E-state index contributed by atoms with van der Waals surface area (Å²) in [5, 5.41) is 3.09. The Morgan fingerprint density at radius 3 is 2.68 bits per heavy atom. The Morgan fingerprint density at radius 2 is 2.00 bits per heavy atom. The van der Waals surface area contributed by atoms with Crippen LogP contribution < -0.4 is 10.1 Å². The molecule has 0 aliphatic carbocycles. The van der Waals surface area contributed by atoms with Crippen LogP contribution in [0.4, 0.5) is 4.39 Å². The molecule has 2 aromatic rings. The lowest BCUT2D eigenvalue weighted by molar-refractivity contribution is 0.463. The summed E-state index contributed by atoms with van der Waals surface area (Å²) >= 11 is 3.40. The van der Waals surface area contributed by atoms with Crippen molar-refractivity contribution in [3.63, 3.8) is 0 Å². The van der Waals surface area contributed by atoms with Crippen LogP contribution in [0.2, 0.25) is 0 Å². The van der Waals surface area contributed by atoms with E-state index in [1.54, 1.807) is 6.07 Å². The van der Waals surface area contributed by atoms with Crippen LogP contribution >= 0.6 is 15.9 Å². The predicted octanol–water partition coefficient (Wildman–Crippen LogP) is 4.66. The molecule has 0 heterocycles. The number of rotatable bonds is 4. The first-order valence-corrected chi connectivity index (χ1v) is 6.79. The van der Waals surface area contributed by atoms with Crippen molar-refractivity contribution in [2.45, 2.75) is 13.0 Å². The second-order valence-electron chi connectivity index (χ2n) is 4.25. The molecular weight excluding hydrogens is 309 g/mol. The standard InChI is InChI=1S/C15H15BrFNO/c1-10(18-2)14-9-12(17)6-7-15(14)19-13-5-3-4-11(16)8-13/h3-10,18H,1-2H3. The van der Waals surface area contributed by atoms with E-state index in [0.717, 1.165) is 10.0 Å². The van der Waals surface area contributed by atoms with Crippen molar-refractivity contribution in [2.75, 3.05) is 7.05 Å². The van der Waals surface area contributed by atoms with E-state index in [0.29, 0.717) is 11.5 Å². The average molecular weight is 324 g/mol. The number of hydrogen-bond acceptors (Lipinski definition) is 2. The molecule has 0 spiro atoms. The topological polar surface area (TPSA) is 21.3 Å². The van der Waals surface area contributed by atoms with Crippen LogP contribution in [0.25, 0.3) is 0 Å². The summed E-state index contributed by atoms with van der Waals surface area (Å²) in [6.07, 6.45) is 0.